The third-order valence-corrected chi connectivity index (χ3v) is 3.59. The van der Waals surface area contributed by atoms with Crippen LogP contribution in [0.5, 0.6) is 0 Å². The highest BCUT2D eigenvalue weighted by Crippen LogP contribution is 2.15. The maximum atomic E-state index is 5.85. The zero-order valence-corrected chi connectivity index (χ0v) is 11.6. The third kappa shape index (κ3) is 3.52. The molecule has 16 heavy (non-hydrogen) atoms. The lowest BCUT2D eigenvalue weighted by molar-refractivity contribution is 0.638. The van der Waals surface area contributed by atoms with Gasteiger partial charge in [-0.1, -0.05) is 6.92 Å². The predicted octanol–water partition coefficient (Wildman–Crippen LogP) is 2.14. The monoisotopic (exact) mass is 241 g/mol. The fourth-order valence-corrected chi connectivity index (χ4v) is 2.46. The largest absolute Gasteiger partial charge is 0.328 e. The lowest BCUT2D eigenvalue weighted by atomic mass is 10.1. The van der Waals surface area contributed by atoms with Gasteiger partial charge in [-0.05, 0) is 38.5 Å². The summed E-state index contributed by atoms with van der Waals surface area (Å²) in [7, 11) is 0. The molecular weight excluding hydrogens is 218 g/mol. The van der Waals surface area contributed by atoms with Gasteiger partial charge in [0.2, 0.25) is 0 Å². The lowest BCUT2D eigenvalue weighted by Gasteiger charge is -2.07. The Morgan fingerprint density at radius 3 is 2.69 bits per heavy atom. The van der Waals surface area contributed by atoms with Crippen LogP contribution in [0.4, 0.5) is 0 Å². The van der Waals surface area contributed by atoms with E-state index in [9.17, 15) is 0 Å². The molecule has 1 atom stereocenters. The molecule has 0 fully saturated rings. The Kier molecular flexibility index (Phi) is 5.35. The molecule has 0 aromatic carbocycles. The molecule has 1 aromatic rings. The first-order valence-electron chi connectivity index (χ1n) is 5.92. The summed E-state index contributed by atoms with van der Waals surface area (Å²) in [6.07, 6.45) is 0.929. The van der Waals surface area contributed by atoms with E-state index in [-0.39, 0.29) is 6.04 Å². The van der Waals surface area contributed by atoms with Crippen molar-refractivity contribution in [2.24, 2.45) is 5.73 Å². The Balaban J connectivity index is 2.72. The first kappa shape index (κ1) is 13.6. The molecule has 4 heteroatoms. The Labute approximate surface area is 103 Å². The van der Waals surface area contributed by atoms with Crippen LogP contribution in [-0.4, -0.2) is 27.3 Å². The summed E-state index contributed by atoms with van der Waals surface area (Å²) in [5.41, 5.74) is 9.60. The molecule has 1 heterocycles. The summed E-state index contributed by atoms with van der Waals surface area (Å²) in [4.78, 5) is 0. The summed E-state index contributed by atoms with van der Waals surface area (Å²) in [5.74, 6) is 2.31. The molecule has 3 nitrogen and oxygen atoms in total. The molecule has 1 rings (SSSR count). The van der Waals surface area contributed by atoms with Crippen molar-refractivity contribution in [1.82, 2.24) is 9.78 Å². The van der Waals surface area contributed by atoms with Gasteiger partial charge in [0.05, 0.1) is 12.2 Å². The first-order valence-corrected chi connectivity index (χ1v) is 7.08. The van der Waals surface area contributed by atoms with Crippen LogP contribution >= 0.6 is 11.8 Å². The van der Waals surface area contributed by atoms with Crippen molar-refractivity contribution in [3.8, 4) is 0 Å². The van der Waals surface area contributed by atoms with Gasteiger partial charge in [0.1, 0.15) is 0 Å². The number of nitrogens with zero attached hydrogens (tertiary/aromatic N) is 2. The fraction of sp³-hybridized carbons (Fsp3) is 0.750. The summed E-state index contributed by atoms with van der Waals surface area (Å²) in [6, 6.07) is 0.208. The van der Waals surface area contributed by atoms with E-state index in [2.05, 4.69) is 30.6 Å². The van der Waals surface area contributed by atoms with Crippen LogP contribution in [0, 0.1) is 13.8 Å². The number of thioether (sulfide) groups is 1. The molecule has 1 aromatic heterocycles. The summed E-state index contributed by atoms with van der Waals surface area (Å²) < 4.78 is 2.12. The second kappa shape index (κ2) is 6.30. The molecule has 0 saturated carbocycles. The van der Waals surface area contributed by atoms with Crippen molar-refractivity contribution in [2.45, 2.75) is 46.7 Å². The minimum absolute atomic E-state index is 0.208. The van der Waals surface area contributed by atoms with Gasteiger partial charge in [0.15, 0.2) is 0 Å². The van der Waals surface area contributed by atoms with E-state index in [0.717, 1.165) is 24.4 Å². The average molecular weight is 241 g/mol. The normalized spacial score (nSPS) is 13.1. The predicted molar refractivity (Wildman–Crippen MR) is 72.1 cm³/mol. The molecule has 0 aliphatic heterocycles. The van der Waals surface area contributed by atoms with Crippen LogP contribution in [0.3, 0.4) is 0 Å². The molecule has 0 saturated heterocycles. The Morgan fingerprint density at radius 2 is 2.12 bits per heavy atom. The van der Waals surface area contributed by atoms with Gasteiger partial charge in [0, 0.05) is 17.5 Å². The highest BCUT2D eigenvalue weighted by molar-refractivity contribution is 7.99. The van der Waals surface area contributed by atoms with Gasteiger partial charge in [-0.3, -0.25) is 4.68 Å². The fourth-order valence-electron chi connectivity index (χ4n) is 1.86. The number of nitrogens with two attached hydrogens (primary N) is 1. The van der Waals surface area contributed by atoms with E-state index in [1.54, 1.807) is 0 Å². The van der Waals surface area contributed by atoms with E-state index >= 15 is 0 Å². The van der Waals surface area contributed by atoms with Crippen molar-refractivity contribution < 1.29 is 0 Å². The molecule has 2 N–H and O–H groups in total. The van der Waals surface area contributed by atoms with E-state index in [4.69, 9.17) is 5.73 Å². The molecule has 92 valence electrons. The van der Waals surface area contributed by atoms with Gasteiger partial charge in [-0.25, -0.2) is 0 Å². The van der Waals surface area contributed by atoms with Crippen LogP contribution in [0.2, 0.25) is 0 Å². The highest BCUT2D eigenvalue weighted by atomic mass is 32.2. The zero-order valence-electron chi connectivity index (χ0n) is 10.8. The van der Waals surface area contributed by atoms with Gasteiger partial charge >= 0.3 is 0 Å². The quantitative estimate of drug-likeness (QED) is 0.776. The number of aromatic nitrogens is 2. The SMILES string of the molecule is CCSCCn1nc(C)c(CC(C)N)c1C. The highest BCUT2D eigenvalue weighted by Gasteiger charge is 2.12. The van der Waals surface area contributed by atoms with E-state index in [1.165, 1.54) is 17.0 Å². The minimum Gasteiger partial charge on any atom is -0.328 e. The molecule has 0 bridgehead atoms. The summed E-state index contributed by atoms with van der Waals surface area (Å²) in [5, 5.41) is 4.58. The van der Waals surface area contributed by atoms with Crippen LogP contribution in [-0.2, 0) is 13.0 Å². The van der Waals surface area contributed by atoms with Crippen LogP contribution in [0.1, 0.15) is 30.8 Å². The second-order valence-corrected chi connectivity index (χ2v) is 5.64. The maximum Gasteiger partial charge on any atom is 0.0629 e. The number of hydrogen-bond acceptors (Lipinski definition) is 3. The van der Waals surface area contributed by atoms with Gasteiger partial charge in [-0.15, -0.1) is 0 Å². The van der Waals surface area contributed by atoms with Gasteiger partial charge in [-0.2, -0.15) is 16.9 Å². The minimum atomic E-state index is 0.208. The standard InChI is InChI=1S/C12H23N3S/c1-5-16-7-6-15-11(4)12(8-9(2)13)10(3)14-15/h9H,5-8,13H2,1-4H3. The molecule has 0 aliphatic carbocycles. The Morgan fingerprint density at radius 1 is 1.44 bits per heavy atom. The molecule has 1 unspecified atom stereocenters. The topological polar surface area (TPSA) is 43.8 Å². The average Bonchev–Trinajstić information content (AvgIpc) is 2.46. The molecule has 0 radical (unpaired) electrons. The number of hydrogen-bond donors (Lipinski definition) is 1. The van der Waals surface area contributed by atoms with Crippen LogP contribution < -0.4 is 5.73 Å². The van der Waals surface area contributed by atoms with Crippen molar-refractivity contribution in [2.75, 3.05) is 11.5 Å². The van der Waals surface area contributed by atoms with E-state index in [0.29, 0.717) is 0 Å². The van der Waals surface area contributed by atoms with Gasteiger partial charge < -0.3 is 5.73 Å². The van der Waals surface area contributed by atoms with E-state index < -0.39 is 0 Å². The molecule has 0 aliphatic rings. The Bertz CT molecular complexity index is 331. The maximum absolute atomic E-state index is 5.85. The van der Waals surface area contributed by atoms with Crippen LogP contribution in [0.25, 0.3) is 0 Å². The molecule has 0 spiro atoms. The summed E-state index contributed by atoms with van der Waals surface area (Å²) in [6.45, 7) is 9.46. The van der Waals surface area contributed by atoms with Gasteiger partial charge in [0.25, 0.3) is 0 Å². The van der Waals surface area contributed by atoms with Crippen molar-refractivity contribution in [3.63, 3.8) is 0 Å². The second-order valence-electron chi connectivity index (χ2n) is 4.25. The summed E-state index contributed by atoms with van der Waals surface area (Å²) >= 11 is 1.96. The van der Waals surface area contributed by atoms with E-state index in [1.807, 2.05) is 18.7 Å². The van der Waals surface area contributed by atoms with Crippen molar-refractivity contribution in [3.05, 3.63) is 17.0 Å². The van der Waals surface area contributed by atoms with Crippen LogP contribution in [0.15, 0.2) is 0 Å². The number of aryl methyl sites for hydroxylation is 2. The first-order chi connectivity index (χ1) is 7.56. The number of rotatable bonds is 6. The van der Waals surface area contributed by atoms with Crippen molar-refractivity contribution in [1.29, 1.82) is 0 Å². The molecular formula is C12H23N3S. The van der Waals surface area contributed by atoms with Crippen molar-refractivity contribution >= 4 is 11.8 Å². The Hall–Kier alpha value is -0.480. The zero-order chi connectivity index (χ0) is 12.1. The third-order valence-electron chi connectivity index (χ3n) is 2.71. The molecule has 0 amide bonds. The lowest BCUT2D eigenvalue weighted by Crippen LogP contribution is -2.18. The smallest absolute Gasteiger partial charge is 0.0629 e.